The van der Waals surface area contributed by atoms with E-state index in [2.05, 4.69) is 9.97 Å². The SMILES string of the molecule is CCc1cccc(CC)c1-n1c(-c2csc(C)n2)nc(O)c(C(=O)N2CCC(c3ccc(Cl)cc3F)C2)c1=O. The van der Waals surface area contributed by atoms with Crippen molar-refractivity contribution in [2.75, 3.05) is 13.1 Å². The molecule has 1 fully saturated rings. The highest BCUT2D eigenvalue weighted by Crippen LogP contribution is 2.33. The summed E-state index contributed by atoms with van der Waals surface area (Å²) in [6, 6.07) is 10.3. The molecule has 1 amide bonds. The molecule has 1 unspecified atom stereocenters. The molecule has 5 rings (SSSR count). The van der Waals surface area contributed by atoms with Crippen molar-refractivity contribution in [2.45, 2.75) is 46.0 Å². The number of aromatic hydroxyl groups is 1. The predicted molar refractivity (Wildman–Crippen MR) is 151 cm³/mol. The molecule has 3 heterocycles. The Kier molecular flexibility index (Phi) is 7.55. The van der Waals surface area contributed by atoms with Crippen LogP contribution in [0.5, 0.6) is 5.88 Å². The van der Waals surface area contributed by atoms with Gasteiger partial charge in [-0.3, -0.25) is 14.2 Å². The highest BCUT2D eigenvalue weighted by Gasteiger charge is 2.34. The first kappa shape index (κ1) is 27.0. The van der Waals surface area contributed by atoms with Gasteiger partial charge in [0.2, 0.25) is 5.88 Å². The molecular weight excluding hydrogens is 539 g/mol. The molecule has 7 nitrogen and oxygen atoms in total. The Labute approximate surface area is 234 Å². The molecule has 1 aliphatic rings. The average molecular weight is 567 g/mol. The molecule has 202 valence electrons. The standard InChI is InChI=1S/C29H28ClFN4O3S/c1-4-17-7-6-8-18(5-2)25(17)35-26(23-15-39-16(3)32-23)33-27(36)24(29(35)38)28(37)34-12-11-19(14-34)21-10-9-20(30)13-22(21)31/h6-10,13,15,19,36H,4-5,11-12,14H2,1-3H3. The molecule has 4 aromatic rings. The highest BCUT2D eigenvalue weighted by atomic mass is 35.5. The largest absolute Gasteiger partial charge is 0.493 e. The maximum absolute atomic E-state index is 14.6. The molecule has 1 saturated heterocycles. The van der Waals surface area contributed by atoms with Crippen molar-refractivity contribution in [2.24, 2.45) is 0 Å². The molecule has 2 aromatic carbocycles. The number of carbonyl (C=O) groups is 1. The van der Waals surface area contributed by atoms with E-state index in [-0.39, 0.29) is 18.3 Å². The van der Waals surface area contributed by atoms with Crippen molar-refractivity contribution in [1.29, 1.82) is 0 Å². The van der Waals surface area contributed by atoms with Crippen LogP contribution >= 0.6 is 22.9 Å². The summed E-state index contributed by atoms with van der Waals surface area (Å²) in [5.74, 6) is -1.79. The normalized spacial score (nSPS) is 15.2. The zero-order valence-electron chi connectivity index (χ0n) is 21.9. The van der Waals surface area contributed by atoms with Crippen molar-refractivity contribution >= 4 is 28.8 Å². The Morgan fingerprint density at radius 2 is 1.90 bits per heavy atom. The zero-order valence-corrected chi connectivity index (χ0v) is 23.4. The van der Waals surface area contributed by atoms with Crippen LogP contribution in [0.1, 0.15) is 58.2 Å². The van der Waals surface area contributed by atoms with Crippen LogP contribution < -0.4 is 5.56 Å². The number of hydrogen-bond donors (Lipinski definition) is 1. The first-order valence-electron chi connectivity index (χ1n) is 12.9. The number of aryl methyl sites for hydroxylation is 3. The average Bonchev–Trinajstić information content (AvgIpc) is 3.57. The number of carbonyl (C=O) groups excluding carboxylic acids is 1. The molecule has 0 saturated carbocycles. The van der Waals surface area contributed by atoms with Crippen LogP contribution in [0.2, 0.25) is 5.02 Å². The van der Waals surface area contributed by atoms with Crippen LogP contribution in [-0.2, 0) is 12.8 Å². The predicted octanol–water partition coefficient (Wildman–Crippen LogP) is 5.92. The van der Waals surface area contributed by atoms with Gasteiger partial charge >= 0.3 is 0 Å². The summed E-state index contributed by atoms with van der Waals surface area (Å²) >= 11 is 7.31. The number of thiazole rings is 1. The maximum atomic E-state index is 14.6. The third-order valence-corrected chi connectivity index (χ3v) is 8.20. The van der Waals surface area contributed by atoms with Crippen molar-refractivity contribution in [3.8, 4) is 23.1 Å². The van der Waals surface area contributed by atoms with Gasteiger partial charge in [0.25, 0.3) is 11.5 Å². The minimum atomic E-state index is -0.662. The van der Waals surface area contributed by atoms with Crippen molar-refractivity contribution in [3.63, 3.8) is 0 Å². The van der Waals surface area contributed by atoms with Gasteiger partial charge < -0.3 is 10.0 Å². The fourth-order valence-corrected chi connectivity index (χ4v) is 5.98. The second kappa shape index (κ2) is 10.9. The number of para-hydroxylation sites is 1. The van der Waals surface area contributed by atoms with Gasteiger partial charge in [-0.1, -0.05) is 49.7 Å². The smallest absolute Gasteiger partial charge is 0.275 e. The van der Waals surface area contributed by atoms with Gasteiger partial charge in [0, 0.05) is 29.4 Å². The lowest BCUT2D eigenvalue weighted by Crippen LogP contribution is -2.36. The van der Waals surface area contributed by atoms with Gasteiger partial charge in [0.15, 0.2) is 11.4 Å². The molecule has 2 aromatic heterocycles. The number of hydrogen-bond acceptors (Lipinski definition) is 6. The Morgan fingerprint density at radius 1 is 1.18 bits per heavy atom. The number of halogens is 2. The van der Waals surface area contributed by atoms with E-state index < -0.39 is 28.7 Å². The molecule has 1 N–H and O–H groups in total. The van der Waals surface area contributed by atoms with Crippen molar-refractivity contribution in [1.82, 2.24) is 19.4 Å². The van der Waals surface area contributed by atoms with Gasteiger partial charge in [0.1, 0.15) is 11.5 Å². The molecule has 0 radical (unpaired) electrons. The van der Waals surface area contributed by atoms with Crippen LogP contribution in [-0.4, -0.2) is 43.5 Å². The van der Waals surface area contributed by atoms with Gasteiger partial charge in [0.05, 0.1) is 10.7 Å². The van der Waals surface area contributed by atoms with E-state index in [1.54, 1.807) is 17.5 Å². The van der Waals surface area contributed by atoms with Crippen molar-refractivity contribution in [3.05, 3.63) is 90.2 Å². The van der Waals surface area contributed by atoms with Gasteiger partial charge in [-0.05, 0) is 55.0 Å². The Morgan fingerprint density at radius 3 is 2.51 bits per heavy atom. The molecule has 0 spiro atoms. The van der Waals surface area contributed by atoms with Crippen LogP contribution in [0.3, 0.4) is 0 Å². The van der Waals surface area contributed by atoms with Crippen LogP contribution in [0.4, 0.5) is 4.39 Å². The molecule has 1 aliphatic heterocycles. The molecule has 10 heteroatoms. The summed E-state index contributed by atoms with van der Waals surface area (Å²) in [7, 11) is 0. The van der Waals surface area contributed by atoms with Gasteiger partial charge in [-0.15, -0.1) is 11.3 Å². The van der Waals surface area contributed by atoms with E-state index in [4.69, 9.17) is 11.6 Å². The van der Waals surface area contributed by atoms with E-state index >= 15 is 0 Å². The van der Waals surface area contributed by atoms with E-state index in [0.717, 1.165) is 16.1 Å². The third-order valence-electron chi connectivity index (χ3n) is 7.19. The van der Waals surface area contributed by atoms with Crippen LogP contribution in [0, 0.1) is 12.7 Å². The molecule has 39 heavy (non-hydrogen) atoms. The molecule has 0 aliphatic carbocycles. The van der Waals surface area contributed by atoms with Gasteiger partial charge in [-0.2, -0.15) is 4.98 Å². The lowest BCUT2D eigenvalue weighted by Gasteiger charge is -2.21. The molecule has 1 atom stereocenters. The number of rotatable bonds is 6. The van der Waals surface area contributed by atoms with Crippen molar-refractivity contribution < 1.29 is 14.3 Å². The summed E-state index contributed by atoms with van der Waals surface area (Å²) in [4.78, 5) is 38.3. The number of aromatic nitrogens is 3. The number of nitrogens with zero attached hydrogens (tertiary/aromatic N) is 4. The monoisotopic (exact) mass is 566 g/mol. The van der Waals surface area contributed by atoms with E-state index in [1.165, 1.54) is 26.9 Å². The Balaban J connectivity index is 1.63. The zero-order chi connectivity index (χ0) is 27.8. The number of likely N-dealkylation sites (tertiary alicyclic amines) is 1. The lowest BCUT2D eigenvalue weighted by molar-refractivity contribution is 0.0784. The number of amides is 1. The minimum Gasteiger partial charge on any atom is -0.493 e. The Hall–Kier alpha value is -3.56. The van der Waals surface area contributed by atoms with E-state index in [9.17, 15) is 19.1 Å². The van der Waals surface area contributed by atoms with Gasteiger partial charge in [-0.25, -0.2) is 9.37 Å². The first-order valence-corrected chi connectivity index (χ1v) is 14.1. The fourth-order valence-electron chi connectivity index (χ4n) is 5.23. The summed E-state index contributed by atoms with van der Waals surface area (Å²) in [6.07, 6.45) is 1.81. The first-order chi connectivity index (χ1) is 18.7. The summed E-state index contributed by atoms with van der Waals surface area (Å²) in [5.41, 5.74) is 2.31. The van der Waals surface area contributed by atoms with E-state index in [1.807, 2.05) is 39.0 Å². The highest BCUT2D eigenvalue weighted by molar-refractivity contribution is 7.09. The topological polar surface area (TPSA) is 88.3 Å². The van der Waals surface area contributed by atoms with Crippen LogP contribution in [0.15, 0.2) is 46.6 Å². The Bertz CT molecular complexity index is 1610. The third kappa shape index (κ3) is 4.96. The maximum Gasteiger partial charge on any atom is 0.275 e. The van der Waals surface area contributed by atoms with Crippen LogP contribution in [0.25, 0.3) is 17.2 Å². The fraction of sp³-hybridized carbons (Fsp3) is 0.310. The second-order valence-electron chi connectivity index (χ2n) is 9.56. The minimum absolute atomic E-state index is 0.177. The number of benzene rings is 2. The van der Waals surface area contributed by atoms with E-state index in [0.29, 0.717) is 47.8 Å². The lowest BCUT2D eigenvalue weighted by atomic mass is 9.98. The molecular formula is C29H28ClFN4O3S. The molecule has 0 bridgehead atoms. The summed E-state index contributed by atoms with van der Waals surface area (Å²) < 4.78 is 16.0. The summed E-state index contributed by atoms with van der Waals surface area (Å²) in [5, 5.41) is 13.8. The summed E-state index contributed by atoms with van der Waals surface area (Å²) in [6.45, 7) is 6.35. The second-order valence-corrected chi connectivity index (χ2v) is 11.1. The quantitative estimate of drug-likeness (QED) is 0.313.